The van der Waals surface area contributed by atoms with Crippen LogP contribution in [0.3, 0.4) is 0 Å². The average Bonchev–Trinajstić information content (AvgIpc) is 2.51. The number of carboxylic acids is 1. The molecule has 128 valence electrons. The summed E-state index contributed by atoms with van der Waals surface area (Å²) in [5, 5.41) is 26.1. The van der Waals surface area contributed by atoms with Gasteiger partial charge < -0.3 is 35.1 Å². The van der Waals surface area contributed by atoms with E-state index in [4.69, 9.17) is 9.47 Å². The van der Waals surface area contributed by atoms with E-state index >= 15 is 0 Å². The molecule has 1 aliphatic heterocycles. The molecular formula is C14H13N2O7S-. The summed E-state index contributed by atoms with van der Waals surface area (Å²) in [6.45, 7) is 0. The number of carboxylic acid groups (broad SMARTS) is 1. The van der Waals surface area contributed by atoms with Crippen molar-refractivity contribution in [2.24, 2.45) is 5.92 Å². The number of aliphatic hydroxyl groups excluding tert-OH is 1. The maximum Gasteiger partial charge on any atom is 0.241 e. The minimum Gasteiger partial charge on any atom is -0.545 e. The number of benzene rings is 1. The smallest absolute Gasteiger partial charge is 0.241 e. The second kappa shape index (κ2) is 6.81. The standard InChI is InChI=1S/C14H14N2O7S/c1-22-6-4-3-5(7(13(20)21)10(6)23-2)9(17)8-11(18)15-14(24)16-12(8)19/h3-4,8-9,17H,1-2H3,(H,20,21)(H2,15,16,18,19,24)/p-1. The van der Waals surface area contributed by atoms with Crippen LogP contribution in [-0.4, -0.2) is 42.2 Å². The van der Waals surface area contributed by atoms with Gasteiger partial charge in [-0.15, -0.1) is 0 Å². The van der Waals surface area contributed by atoms with Crippen LogP contribution in [0.1, 0.15) is 22.0 Å². The minimum absolute atomic E-state index is 0.0892. The molecule has 0 aliphatic carbocycles. The van der Waals surface area contributed by atoms with Crippen LogP contribution in [-0.2, 0) is 9.59 Å². The maximum absolute atomic E-state index is 12.0. The first-order valence-electron chi connectivity index (χ1n) is 6.61. The first-order chi connectivity index (χ1) is 11.3. The summed E-state index contributed by atoms with van der Waals surface area (Å²) in [6, 6.07) is 2.55. The second-order valence-electron chi connectivity index (χ2n) is 4.78. The van der Waals surface area contributed by atoms with Crippen LogP contribution in [0.25, 0.3) is 0 Å². The van der Waals surface area contributed by atoms with Crippen LogP contribution in [0.5, 0.6) is 11.5 Å². The molecule has 1 aromatic rings. The zero-order valence-electron chi connectivity index (χ0n) is 12.6. The molecule has 24 heavy (non-hydrogen) atoms. The Labute approximate surface area is 141 Å². The lowest BCUT2D eigenvalue weighted by molar-refractivity contribution is -0.255. The summed E-state index contributed by atoms with van der Waals surface area (Å²) in [5.41, 5.74) is -0.742. The molecule has 0 aromatic heterocycles. The lowest BCUT2D eigenvalue weighted by atomic mass is 9.89. The molecule has 1 aliphatic rings. The number of hydrogen-bond acceptors (Lipinski definition) is 8. The molecule has 1 unspecified atom stereocenters. The largest absolute Gasteiger partial charge is 0.545 e. The molecule has 2 rings (SSSR count). The fraction of sp³-hybridized carbons (Fsp3) is 0.286. The third-order valence-corrected chi connectivity index (χ3v) is 3.66. The molecule has 1 fully saturated rings. The van der Waals surface area contributed by atoms with Crippen LogP contribution in [0.15, 0.2) is 12.1 Å². The molecule has 9 nitrogen and oxygen atoms in total. The van der Waals surface area contributed by atoms with Gasteiger partial charge in [0.05, 0.1) is 20.2 Å². The van der Waals surface area contributed by atoms with Crippen LogP contribution >= 0.6 is 12.2 Å². The summed E-state index contributed by atoms with van der Waals surface area (Å²) >= 11 is 4.67. The molecule has 1 heterocycles. The van der Waals surface area contributed by atoms with E-state index in [9.17, 15) is 24.6 Å². The van der Waals surface area contributed by atoms with Crippen molar-refractivity contribution >= 4 is 35.1 Å². The SMILES string of the molecule is COc1ccc(C(O)C2C(=O)NC(=S)NC2=O)c(C(=O)[O-])c1OC. The van der Waals surface area contributed by atoms with Crippen molar-refractivity contribution in [1.29, 1.82) is 0 Å². The van der Waals surface area contributed by atoms with Crippen molar-refractivity contribution in [3.8, 4) is 11.5 Å². The Bertz CT molecular complexity index is 714. The molecule has 0 saturated carbocycles. The van der Waals surface area contributed by atoms with Crippen molar-refractivity contribution in [2.45, 2.75) is 6.10 Å². The first-order valence-corrected chi connectivity index (χ1v) is 7.02. The molecule has 0 spiro atoms. The third-order valence-electron chi connectivity index (χ3n) is 3.45. The Morgan fingerprint density at radius 1 is 1.25 bits per heavy atom. The topological polar surface area (TPSA) is 137 Å². The van der Waals surface area contributed by atoms with Crippen molar-refractivity contribution < 1.29 is 34.1 Å². The summed E-state index contributed by atoms with van der Waals surface area (Å²) < 4.78 is 9.99. The lowest BCUT2D eigenvalue weighted by Gasteiger charge is -2.28. The van der Waals surface area contributed by atoms with Crippen LogP contribution < -0.4 is 25.2 Å². The van der Waals surface area contributed by atoms with Crippen LogP contribution in [0.4, 0.5) is 0 Å². The van der Waals surface area contributed by atoms with Crippen molar-refractivity contribution in [1.82, 2.24) is 10.6 Å². The normalized spacial score (nSPS) is 16.2. The highest BCUT2D eigenvalue weighted by atomic mass is 32.1. The minimum atomic E-state index is -1.76. The lowest BCUT2D eigenvalue weighted by Crippen LogP contribution is -2.57. The van der Waals surface area contributed by atoms with Gasteiger partial charge in [-0.1, -0.05) is 6.07 Å². The fourth-order valence-electron chi connectivity index (χ4n) is 2.40. The highest BCUT2D eigenvalue weighted by Crippen LogP contribution is 2.37. The van der Waals surface area contributed by atoms with E-state index in [-0.39, 0.29) is 22.2 Å². The Kier molecular flexibility index (Phi) is 5.00. The number of rotatable bonds is 5. The molecular weight excluding hydrogens is 340 g/mol. The highest BCUT2D eigenvalue weighted by Gasteiger charge is 2.40. The molecule has 0 bridgehead atoms. The van der Waals surface area contributed by atoms with Crippen molar-refractivity contribution in [2.75, 3.05) is 14.2 Å². The van der Waals surface area contributed by atoms with E-state index < -0.39 is 35.4 Å². The number of ether oxygens (including phenoxy) is 2. The van der Waals surface area contributed by atoms with Gasteiger partial charge in [0, 0.05) is 5.56 Å². The average molecular weight is 353 g/mol. The van der Waals surface area contributed by atoms with E-state index in [1.165, 1.54) is 26.4 Å². The summed E-state index contributed by atoms with van der Waals surface area (Å²) in [6.07, 6.45) is -1.76. The third kappa shape index (κ3) is 3.01. The van der Waals surface area contributed by atoms with Crippen molar-refractivity contribution in [3.63, 3.8) is 0 Å². The number of thiocarbonyl (C=S) groups is 1. The number of aromatic carboxylic acids is 1. The molecule has 0 radical (unpaired) electrons. The number of nitrogens with one attached hydrogen (secondary N) is 2. The van der Waals surface area contributed by atoms with Crippen LogP contribution in [0.2, 0.25) is 0 Å². The Hall–Kier alpha value is -2.72. The molecule has 10 heteroatoms. The Morgan fingerprint density at radius 3 is 2.29 bits per heavy atom. The van der Waals surface area contributed by atoms with Gasteiger partial charge in [0.15, 0.2) is 16.6 Å². The van der Waals surface area contributed by atoms with Gasteiger partial charge in [-0.3, -0.25) is 9.59 Å². The van der Waals surface area contributed by atoms with Gasteiger partial charge in [-0.2, -0.15) is 0 Å². The Morgan fingerprint density at radius 2 is 1.83 bits per heavy atom. The summed E-state index contributed by atoms with van der Waals surface area (Å²) in [7, 11) is 2.51. The van der Waals surface area contributed by atoms with Crippen molar-refractivity contribution in [3.05, 3.63) is 23.3 Å². The number of carbonyl (C=O) groups excluding carboxylic acids is 3. The van der Waals surface area contributed by atoms with Gasteiger partial charge in [-0.05, 0) is 23.8 Å². The van der Waals surface area contributed by atoms with E-state index in [1.54, 1.807) is 0 Å². The van der Waals surface area contributed by atoms with Crippen LogP contribution in [0, 0.1) is 5.92 Å². The maximum atomic E-state index is 12.0. The molecule has 1 saturated heterocycles. The molecule has 3 N–H and O–H groups in total. The molecule has 1 atom stereocenters. The number of carbonyl (C=O) groups is 3. The number of methoxy groups -OCH3 is 2. The van der Waals surface area contributed by atoms with Gasteiger partial charge >= 0.3 is 0 Å². The Balaban J connectivity index is 2.55. The monoisotopic (exact) mass is 353 g/mol. The number of hydrogen-bond donors (Lipinski definition) is 3. The molecule has 1 aromatic carbocycles. The molecule has 2 amide bonds. The van der Waals surface area contributed by atoms with Gasteiger partial charge in [0.2, 0.25) is 11.8 Å². The number of aliphatic hydroxyl groups is 1. The zero-order chi connectivity index (χ0) is 18.0. The second-order valence-corrected chi connectivity index (χ2v) is 5.19. The summed E-state index contributed by atoms with van der Waals surface area (Å²) in [4.78, 5) is 35.4. The van der Waals surface area contributed by atoms with E-state index in [0.717, 1.165) is 0 Å². The van der Waals surface area contributed by atoms with E-state index in [0.29, 0.717) is 0 Å². The first kappa shape index (κ1) is 17.6. The summed E-state index contributed by atoms with van der Waals surface area (Å²) in [5.74, 6) is -5.06. The van der Waals surface area contributed by atoms with E-state index in [1.807, 2.05) is 0 Å². The quantitative estimate of drug-likeness (QED) is 0.419. The predicted molar refractivity (Wildman–Crippen MR) is 81.2 cm³/mol. The number of amides is 2. The van der Waals surface area contributed by atoms with E-state index in [2.05, 4.69) is 22.9 Å². The van der Waals surface area contributed by atoms with Gasteiger partial charge in [-0.25, -0.2) is 0 Å². The zero-order valence-corrected chi connectivity index (χ0v) is 13.4. The predicted octanol–water partition coefficient (Wildman–Crippen LogP) is -1.75. The van der Waals surface area contributed by atoms with Gasteiger partial charge in [0.25, 0.3) is 0 Å². The fourth-order valence-corrected chi connectivity index (χ4v) is 2.60. The highest BCUT2D eigenvalue weighted by molar-refractivity contribution is 7.80. The van der Waals surface area contributed by atoms with Gasteiger partial charge in [0.1, 0.15) is 12.0 Å².